The molecular weight excluding hydrogens is 410 g/mol. The quantitative estimate of drug-likeness (QED) is 0.743. The molecule has 4 rings (SSSR count). The fourth-order valence-corrected chi connectivity index (χ4v) is 4.14. The van der Waals surface area contributed by atoms with Gasteiger partial charge in [0.05, 0.1) is 5.92 Å². The van der Waals surface area contributed by atoms with Gasteiger partial charge in [0.25, 0.3) is 0 Å². The van der Waals surface area contributed by atoms with Crippen molar-refractivity contribution >= 4 is 29.2 Å². The van der Waals surface area contributed by atoms with E-state index in [1.807, 2.05) is 9.80 Å². The highest BCUT2D eigenvalue weighted by Crippen LogP contribution is 2.22. The van der Waals surface area contributed by atoms with Crippen molar-refractivity contribution in [2.75, 3.05) is 36.8 Å². The van der Waals surface area contributed by atoms with Gasteiger partial charge >= 0.3 is 6.03 Å². The van der Waals surface area contributed by atoms with E-state index in [1.54, 1.807) is 31.2 Å². The zero-order valence-electron chi connectivity index (χ0n) is 18.2. The topological polar surface area (TPSA) is 112 Å². The summed E-state index contributed by atoms with van der Waals surface area (Å²) in [5.41, 5.74) is 1.28. The number of hydrogen-bond donors (Lipinski definition) is 2. The molecule has 10 heteroatoms. The van der Waals surface area contributed by atoms with Crippen LogP contribution in [0.1, 0.15) is 38.6 Å². The first kappa shape index (κ1) is 21.8. The number of aromatic nitrogens is 3. The molecule has 3 heterocycles. The molecular formula is C22H29N7O3. The Kier molecular flexibility index (Phi) is 6.67. The third-order valence-corrected chi connectivity index (χ3v) is 6.07. The molecule has 0 radical (unpaired) electrons. The van der Waals surface area contributed by atoms with Crippen LogP contribution in [0, 0.1) is 5.92 Å². The highest BCUT2D eigenvalue weighted by atomic mass is 16.2. The Morgan fingerprint density at radius 2 is 1.62 bits per heavy atom. The molecule has 10 nitrogen and oxygen atoms in total. The van der Waals surface area contributed by atoms with Gasteiger partial charge in [0, 0.05) is 37.6 Å². The average Bonchev–Trinajstić information content (AvgIpc) is 3.54. The second-order valence-electron chi connectivity index (χ2n) is 8.37. The van der Waals surface area contributed by atoms with Crippen molar-refractivity contribution in [3.05, 3.63) is 36.9 Å². The number of nitrogens with one attached hydrogen (secondary N) is 2. The van der Waals surface area contributed by atoms with E-state index in [1.165, 1.54) is 17.3 Å². The van der Waals surface area contributed by atoms with Crippen molar-refractivity contribution in [2.24, 2.45) is 5.92 Å². The van der Waals surface area contributed by atoms with Gasteiger partial charge in [-0.05, 0) is 56.9 Å². The number of carbonyl (C=O) groups excluding carboxylic acids is 3. The smallest absolute Gasteiger partial charge is 0.320 e. The molecule has 2 aromatic rings. The molecule has 2 N–H and O–H groups in total. The Balaban J connectivity index is 1.29. The van der Waals surface area contributed by atoms with Crippen LogP contribution in [-0.4, -0.2) is 68.6 Å². The molecule has 0 bridgehead atoms. The molecule has 170 valence electrons. The van der Waals surface area contributed by atoms with Crippen LogP contribution in [0.15, 0.2) is 36.9 Å². The largest absolute Gasteiger partial charge is 0.326 e. The first-order valence-electron chi connectivity index (χ1n) is 11.1. The van der Waals surface area contributed by atoms with Gasteiger partial charge in [-0.15, -0.1) is 0 Å². The molecule has 1 aromatic carbocycles. The van der Waals surface area contributed by atoms with E-state index in [-0.39, 0.29) is 23.8 Å². The highest BCUT2D eigenvalue weighted by Gasteiger charge is 2.31. The summed E-state index contributed by atoms with van der Waals surface area (Å²) < 4.78 is 1.48. The molecule has 2 saturated heterocycles. The number of nitrogens with zero attached hydrogens (tertiary/aromatic N) is 5. The first-order chi connectivity index (χ1) is 15.5. The first-order valence-corrected chi connectivity index (χ1v) is 11.1. The number of urea groups is 1. The number of hydrogen-bond acceptors (Lipinski definition) is 5. The van der Waals surface area contributed by atoms with Crippen LogP contribution in [0.25, 0.3) is 0 Å². The van der Waals surface area contributed by atoms with Crippen LogP contribution < -0.4 is 10.6 Å². The van der Waals surface area contributed by atoms with Crippen molar-refractivity contribution in [1.29, 1.82) is 0 Å². The Morgan fingerprint density at radius 3 is 2.28 bits per heavy atom. The van der Waals surface area contributed by atoms with Gasteiger partial charge in [-0.1, -0.05) is 0 Å². The van der Waals surface area contributed by atoms with E-state index in [2.05, 4.69) is 20.7 Å². The minimum Gasteiger partial charge on any atom is -0.326 e. The van der Waals surface area contributed by atoms with E-state index < -0.39 is 6.04 Å². The molecule has 32 heavy (non-hydrogen) atoms. The van der Waals surface area contributed by atoms with Crippen LogP contribution in [0.2, 0.25) is 0 Å². The van der Waals surface area contributed by atoms with Gasteiger partial charge in [0.15, 0.2) is 0 Å². The zero-order valence-corrected chi connectivity index (χ0v) is 18.2. The van der Waals surface area contributed by atoms with Crippen molar-refractivity contribution in [3.8, 4) is 0 Å². The summed E-state index contributed by atoms with van der Waals surface area (Å²) in [4.78, 5) is 45.4. The normalized spacial score (nSPS) is 19.5. The van der Waals surface area contributed by atoms with Gasteiger partial charge < -0.3 is 20.4 Å². The maximum atomic E-state index is 12.8. The maximum absolute atomic E-state index is 12.8. The van der Waals surface area contributed by atoms with Crippen LogP contribution in [0.4, 0.5) is 16.2 Å². The molecule has 1 aromatic heterocycles. The molecule has 0 aliphatic carbocycles. The lowest BCUT2D eigenvalue weighted by Crippen LogP contribution is -2.48. The van der Waals surface area contributed by atoms with E-state index in [0.29, 0.717) is 24.5 Å². The van der Waals surface area contributed by atoms with Gasteiger partial charge in [-0.25, -0.2) is 14.5 Å². The van der Waals surface area contributed by atoms with E-state index >= 15 is 0 Å². The minimum absolute atomic E-state index is 0.0558. The van der Waals surface area contributed by atoms with Crippen LogP contribution in [0.3, 0.4) is 0 Å². The summed E-state index contributed by atoms with van der Waals surface area (Å²) in [6.45, 7) is 4.52. The second kappa shape index (κ2) is 9.80. The molecule has 2 aliphatic heterocycles. The summed E-state index contributed by atoms with van der Waals surface area (Å²) in [6.07, 6.45) is 6.58. The van der Waals surface area contributed by atoms with E-state index in [0.717, 1.165) is 38.8 Å². The number of benzene rings is 1. The van der Waals surface area contributed by atoms with Crippen molar-refractivity contribution in [1.82, 2.24) is 24.6 Å². The Labute approximate surface area is 187 Å². The highest BCUT2D eigenvalue weighted by molar-refractivity contribution is 5.95. The Morgan fingerprint density at radius 1 is 0.969 bits per heavy atom. The SMILES string of the molecule is C[C@@H](C(=O)Nc1ccc(NC(=O)[C@H]2CCCN(C(=O)N3CCCC3)C2)cc1)n1cncn1. The zero-order chi connectivity index (χ0) is 22.5. The van der Waals surface area contributed by atoms with Crippen LogP contribution in [0.5, 0.6) is 0 Å². The molecule has 2 aliphatic rings. The number of piperidine rings is 1. The predicted octanol–water partition coefficient (Wildman–Crippen LogP) is 2.34. The predicted molar refractivity (Wildman–Crippen MR) is 119 cm³/mol. The number of rotatable bonds is 5. The number of anilines is 2. The van der Waals surface area contributed by atoms with Crippen molar-refractivity contribution in [3.63, 3.8) is 0 Å². The molecule has 0 saturated carbocycles. The fraction of sp³-hybridized carbons (Fsp3) is 0.500. The Bertz CT molecular complexity index is 939. The minimum atomic E-state index is -0.491. The number of carbonyl (C=O) groups is 3. The molecule has 2 fully saturated rings. The second-order valence-corrected chi connectivity index (χ2v) is 8.37. The fourth-order valence-electron chi connectivity index (χ4n) is 4.14. The maximum Gasteiger partial charge on any atom is 0.320 e. The lowest BCUT2D eigenvalue weighted by Gasteiger charge is -2.34. The van der Waals surface area contributed by atoms with Gasteiger partial charge in [-0.2, -0.15) is 5.10 Å². The number of likely N-dealkylation sites (tertiary alicyclic amines) is 2. The van der Waals surface area contributed by atoms with Crippen LogP contribution >= 0.6 is 0 Å². The lowest BCUT2D eigenvalue weighted by molar-refractivity contribution is -0.121. The standard InChI is InChI=1S/C22H29N7O3/c1-16(29-15-23-14-24-29)20(30)25-18-6-8-19(9-7-18)26-21(31)17-5-4-12-28(13-17)22(32)27-10-2-3-11-27/h6-9,14-17H,2-5,10-13H2,1H3,(H,25,30)(H,26,31)/t16-,17-/m0/s1. The van der Waals surface area contributed by atoms with E-state index in [9.17, 15) is 14.4 Å². The monoisotopic (exact) mass is 439 g/mol. The van der Waals surface area contributed by atoms with Gasteiger partial charge in [0.1, 0.15) is 18.7 Å². The summed E-state index contributed by atoms with van der Waals surface area (Å²) in [6, 6.07) is 6.56. The summed E-state index contributed by atoms with van der Waals surface area (Å²) in [7, 11) is 0. The third-order valence-electron chi connectivity index (χ3n) is 6.07. The third kappa shape index (κ3) is 5.06. The van der Waals surface area contributed by atoms with Crippen LogP contribution in [-0.2, 0) is 9.59 Å². The molecule has 4 amide bonds. The summed E-state index contributed by atoms with van der Waals surface area (Å²) in [5.74, 6) is -0.518. The van der Waals surface area contributed by atoms with Crippen molar-refractivity contribution in [2.45, 2.75) is 38.6 Å². The molecule has 0 spiro atoms. The summed E-state index contributed by atoms with van der Waals surface area (Å²) in [5, 5.41) is 9.75. The van der Waals surface area contributed by atoms with Gasteiger partial charge in [-0.3, -0.25) is 9.59 Å². The lowest BCUT2D eigenvalue weighted by atomic mass is 9.97. The average molecular weight is 440 g/mol. The molecule has 0 unspecified atom stereocenters. The van der Waals surface area contributed by atoms with Crippen molar-refractivity contribution < 1.29 is 14.4 Å². The molecule has 2 atom stereocenters. The van der Waals surface area contributed by atoms with Gasteiger partial charge in [0.2, 0.25) is 11.8 Å². The number of amides is 4. The summed E-state index contributed by atoms with van der Waals surface area (Å²) >= 11 is 0. The Hall–Kier alpha value is -3.43. The van der Waals surface area contributed by atoms with E-state index in [4.69, 9.17) is 0 Å².